The van der Waals surface area contributed by atoms with E-state index in [1.54, 1.807) is 6.20 Å². The zero-order chi connectivity index (χ0) is 20.6. The van der Waals surface area contributed by atoms with Crippen molar-refractivity contribution < 1.29 is 13.9 Å². The third-order valence-electron chi connectivity index (χ3n) is 5.79. The zero-order valence-corrected chi connectivity index (χ0v) is 17.0. The van der Waals surface area contributed by atoms with Crippen LogP contribution in [0.5, 0.6) is 0 Å². The number of piperidine rings is 1. The van der Waals surface area contributed by atoms with Crippen molar-refractivity contribution in [3.05, 3.63) is 23.6 Å². The lowest BCUT2D eigenvalue weighted by atomic mass is 9.90. The summed E-state index contributed by atoms with van der Waals surface area (Å²) in [5.74, 6) is -2.57. The Hall–Kier alpha value is -1.84. The largest absolute Gasteiger partial charge is 0.391 e. The Morgan fingerprint density at radius 2 is 2.00 bits per heavy atom. The minimum Gasteiger partial charge on any atom is -0.391 e. The summed E-state index contributed by atoms with van der Waals surface area (Å²) in [6.45, 7) is 2.07. The number of anilines is 1. The van der Waals surface area contributed by atoms with E-state index < -0.39 is 24.5 Å². The summed E-state index contributed by atoms with van der Waals surface area (Å²) in [6.07, 6.45) is 5.36. The van der Waals surface area contributed by atoms with Gasteiger partial charge in [0.1, 0.15) is 0 Å². The summed E-state index contributed by atoms with van der Waals surface area (Å²) in [7, 11) is 2.12. The van der Waals surface area contributed by atoms with Crippen molar-refractivity contribution in [2.24, 2.45) is 0 Å². The fraction of sp³-hybridized carbons (Fsp3) is 0.632. The van der Waals surface area contributed by atoms with Crippen LogP contribution in [0.1, 0.15) is 38.1 Å². The van der Waals surface area contributed by atoms with E-state index in [9.17, 15) is 13.9 Å². The van der Waals surface area contributed by atoms with E-state index in [0.717, 1.165) is 31.5 Å². The molecule has 4 rings (SSSR count). The molecule has 2 atom stereocenters. The molecule has 7 nitrogen and oxygen atoms in total. The number of hydrogen-bond donors (Lipinski definition) is 2. The molecule has 1 aliphatic heterocycles. The maximum atomic E-state index is 13.4. The molecule has 0 aromatic carbocycles. The maximum absolute atomic E-state index is 13.4. The molecule has 1 saturated carbocycles. The number of aromatic nitrogens is 4. The predicted octanol–water partition coefficient (Wildman–Crippen LogP) is 3.22. The van der Waals surface area contributed by atoms with Crippen LogP contribution in [0.25, 0.3) is 11.3 Å². The van der Waals surface area contributed by atoms with Crippen LogP contribution in [0, 0.1) is 0 Å². The van der Waals surface area contributed by atoms with Crippen molar-refractivity contribution in [1.29, 1.82) is 0 Å². The monoisotopic (exact) mass is 426 g/mol. The summed E-state index contributed by atoms with van der Waals surface area (Å²) in [5.41, 5.74) is 1.30. The standard InChI is InChI=1S/C19H25ClF2N6O/c1-27-6-3-13(4-7-27)28-11-12(9-24-28)17-14(20)10-23-18(26-17)25-15-2-5-19(21,22)8-16(15)29/h9-11,13,15-16,29H,2-8H2,1H3,(H,23,25,26). The normalized spacial score (nSPS) is 25.8. The lowest BCUT2D eigenvalue weighted by Gasteiger charge is -2.33. The fourth-order valence-corrected chi connectivity index (χ4v) is 4.20. The van der Waals surface area contributed by atoms with E-state index in [1.807, 2.05) is 10.9 Å². The van der Waals surface area contributed by atoms with Crippen molar-refractivity contribution >= 4 is 17.5 Å². The highest BCUT2D eigenvalue weighted by Gasteiger charge is 2.41. The quantitative estimate of drug-likeness (QED) is 0.781. The second-order valence-electron chi connectivity index (χ2n) is 8.05. The van der Waals surface area contributed by atoms with E-state index >= 15 is 0 Å². The Bertz CT molecular complexity index is 855. The minimum absolute atomic E-state index is 0.142. The van der Waals surface area contributed by atoms with E-state index in [4.69, 9.17) is 11.6 Å². The fourth-order valence-electron chi connectivity index (χ4n) is 4.00. The van der Waals surface area contributed by atoms with Gasteiger partial charge in [-0.15, -0.1) is 0 Å². The topological polar surface area (TPSA) is 79.1 Å². The molecule has 2 aliphatic rings. The van der Waals surface area contributed by atoms with Gasteiger partial charge in [0, 0.05) is 24.6 Å². The molecule has 2 N–H and O–H groups in total. The molecule has 10 heteroatoms. The predicted molar refractivity (Wildman–Crippen MR) is 106 cm³/mol. The SMILES string of the molecule is CN1CCC(n2cc(-c3nc(NC4CCC(F)(F)CC4O)ncc3Cl)cn2)CC1. The average Bonchev–Trinajstić information content (AvgIpc) is 3.15. The Kier molecular flexibility index (Phi) is 5.72. The molecule has 158 valence electrons. The van der Waals surface area contributed by atoms with Gasteiger partial charge in [-0.05, 0) is 39.4 Å². The number of halogens is 3. The van der Waals surface area contributed by atoms with Gasteiger partial charge in [0.15, 0.2) is 0 Å². The van der Waals surface area contributed by atoms with Crippen molar-refractivity contribution in [1.82, 2.24) is 24.6 Å². The van der Waals surface area contributed by atoms with Crippen molar-refractivity contribution in [2.45, 2.75) is 56.2 Å². The number of rotatable bonds is 4. The molecule has 1 aliphatic carbocycles. The molecule has 0 spiro atoms. The Morgan fingerprint density at radius 3 is 2.72 bits per heavy atom. The highest BCUT2D eigenvalue weighted by atomic mass is 35.5. The lowest BCUT2D eigenvalue weighted by Crippen LogP contribution is -2.44. The first-order valence-corrected chi connectivity index (χ1v) is 10.3. The van der Waals surface area contributed by atoms with Crippen LogP contribution >= 0.6 is 11.6 Å². The highest BCUT2D eigenvalue weighted by molar-refractivity contribution is 6.32. The summed E-state index contributed by atoms with van der Waals surface area (Å²) in [4.78, 5) is 10.9. The molecular formula is C19H25ClF2N6O. The van der Waals surface area contributed by atoms with Crippen LogP contribution in [-0.2, 0) is 0 Å². The summed E-state index contributed by atoms with van der Waals surface area (Å²) in [5, 5.41) is 17.9. The molecule has 0 radical (unpaired) electrons. The third kappa shape index (κ3) is 4.67. The molecule has 0 amide bonds. The summed E-state index contributed by atoms with van der Waals surface area (Å²) in [6, 6.07) is -0.178. The second-order valence-corrected chi connectivity index (χ2v) is 8.46. The number of aliphatic hydroxyl groups excluding tert-OH is 1. The molecule has 29 heavy (non-hydrogen) atoms. The Morgan fingerprint density at radius 1 is 1.24 bits per heavy atom. The van der Waals surface area contributed by atoms with Gasteiger partial charge in [-0.25, -0.2) is 18.7 Å². The second kappa shape index (κ2) is 8.12. The highest BCUT2D eigenvalue weighted by Crippen LogP contribution is 2.35. The van der Waals surface area contributed by atoms with Gasteiger partial charge in [0.25, 0.3) is 5.92 Å². The van der Waals surface area contributed by atoms with E-state index in [-0.39, 0.29) is 18.8 Å². The van der Waals surface area contributed by atoms with E-state index in [2.05, 4.69) is 32.3 Å². The first-order chi connectivity index (χ1) is 13.8. The average molecular weight is 427 g/mol. The smallest absolute Gasteiger partial charge is 0.250 e. The number of aliphatic hydroxyl groups is 1. The number of nitrogens with one attached hydrogen (secondary N) is 1. The molecule has 2 fully saturated rings. The van der Waals surface area contributed by atoms with E-state index in [1.165, 1.54) is 6.20 Å². The lowest BCUT2D eigenvalue weighted by molar-refractivity contribution is -0.0800. The van der Waals surface area contributed by atoms with Gasteiger partial charge in [0.05, 0.1) is 41.3 Å². The first kappa shape index (κ1) is 20.4. The molecular weight excluding hydrogens is 402 g/mol. The van der Waals surface area contributed by atoms with E-state index in [0.29, 0.717) is 16.8 Å². The van der Waals surface area contributed by atoms with Gasteiger partial charge < -0.3 is 15.3 Å². The van der Waals surface area contributed by atoms with Crippen LogP contribution in [0.2, 0.25) is 5.02 Å². The Balaban J connectivity index is 1.49. The van der Waals surface area contributed by atoms with Gasteiger partial charge in [-0.2, -0.15) is 5.10 Å². The number of alkyl halides is 2. The Labute approximate surface area is 173 Å². The molecule has 1 saturated heterocycles. The molecule has 0 bridgehead atoms. The first-order valence-electron chi connectivity index (χ1n) is 9.89. The van der Waals surface area contributed by atoms with Crippen LogP contribution < -0.4 is 5.32 Å². The van der Waals surface area contributed by atoms with Crippen LogP contribution in [0.15, 0.2) is 18.6 Å². The van der Waals surface area contributed by atoms with Crippen molar-refractivity contribution in [3.8, 4) is 11.3 Å². The van der Waals surface area contributed by atoms with Crippen LogP contribution in [0.3, 0.4) is 0 Å². The van der Waals surface area contributed by atoms with Crippen molar-refractivity contribution in [3.63, 3.8) is 0 Å². The van der Waals surface area contributed by atoms with Gasteiger partial charge >= 0.3 is 0 Å². The van der Waals surface area contributed by atoms with Crippen LogP contribution in [0.4, 0.5) is 14.7 Å². The minimum atomic E-state index is -2.83. The van der Waals surface area contributed by atoms with Gasteiger partial charge in [0.2, 0.25) is 5.95 Å². The third-order valence-corrected chi connectivity index (χ3v) is 6.07. The molecule has 3 heterocycles. The van der Waals surface area contributed by atoms with Crippen molar-refractivity contribution in [2.75, 3.05) is 25.5 Å². The maximum Gasteiger partial charge on any atom is 0.250 e. The molecule has 2 unspecified atom stereocenters. The number of likely N-dealkylation sites (tertiary alicyclic amines) is 1. The summed E-state index contributed by atoms with van der Waals surface area (Å²) < 4.78 is 28.8. The number of nitrogens with zero attached hydrogens (tertiary/aromatic N) is 5. The van der Waals surface area contributed by atoms with Gasteiger partial charge in [-0.1, -0.05) is 11.6 Å². The summed E-state index contributed by atoms with van der Waals surface area (Å²) >= 11 is 6.31. The molecule has 2 aromatic heterocycles. The van der Waals surface area contributed by atoms with Crippen LogP contribution in [-0.4, -0.2) is 68.0 Å². The number of hydrogen-bond acceptors (Lipinski definition) is 6. The van der Waals surface area contributed by atoms with Gasteiger partial charge in [-0.3, -0.25) is 4.68 Å². The molecule has 2 aromatic rings. The zero-order valence-electron chi connectivity index (χ0n) is 16.2.